The molecule has 0 N–H and O–H groups in total. The van der Waals surface area contributed by atoms with Crippen molar-refractivity contribution in [3.8, 4) is 0 Å². The van der Waals surface area contributed by atoms with E-state index in [9.17, 15) is 14.9 Å². The Bertz CT molecular complexity index is 504. The van der Waals surface area contributed by atoms with Gasteiger partial charge in [0.1, 0.15) is 6.04 Å². The maximum absolute atomic E-state index is 12.4. The van der Waals surface area contributed by atoms with Crippen LogP contribution in [-0.4, -0.2) is 38.6 Å². The highest BCUT2D eigenvalue weighted by atomic mass is 16.6. The van der Waals surface area contributed by atoms with Gasteiger partial charge in [0.2, 0.25) is 5.91 Å². The van der Waals surface area contributed by atoms with Crippen LogP contribution in [0.3, 0.4) is 0 Å². The van der Waals surface area contributed by atoms with Crippen LogP contribution in [0.15, 0.2) is 6.20 Å². The highest BCUT2D eigenvalue weighted by Gasteiger charge is 2.27. The fraction of sp³-hybridized carbons (Fsp3) is 0.692. The lowest BCUT2D eigenvalue weighted by molar-refractivity contribution is -0.390. The molecule has 1 saturated heterocycles. The van der Waals surface area contributed by atoms with E-state index in [0.29, 0.717) is 5.56 Å². The van der Waals surface area contributed by atoms with Gasteiger partial charge in [0.15, 0.2) is 0 Å². The van der Waals surface area contributed by atoms with E-state index >= 15 is 0 Å². The molecule has 1 aliphatic heterocycles. The first-order chi connectivity index (χ1) is 9.50. The normalized spacial score (nSPS) is 17.6. The van der Waals surface area contributed by atoms with E-state index in [-0.39, 0.29) is 11.7 Å². The molecule has 1 atom stereocenters. The van der Waals surface area contributed by atoms with Crippen molar-refractivity contribution >= 4 is 11.7 Å². The molecular weight excluding hydrogens is 260 g/mol. The number of aromatic nitrogens is 2. The number of rotatable bonds is 3. The molecule has 1 unspecified atom stereocenters. The molecule has 0 bridgehead atoms. The van der Waals surface area contributed by atoms with Gasteiger partial charge in [-0.3, -0.25) is 4.79 Å². The maximum atomic E-state index is 12.4. The Labute approximate surface area is 117 Å². The van der Waals surface area contributed by atoms with Crippen molar-refractivity contribution in [3.63, 3.8) is 0 Å². The van der Waals surface area contributed by atoms with E-state index in [2.05, 4.69) is 5.10 Å². The van der Waals surface area contributed by atoms with E-state index in [4.69, 9.17) is 0 Å². The molecule has 7 nitrogen and oxygen atoms in total. The standard InChI is InChI=1S/C13H20N4O3/c1-10-9-16(14-12(10)17(19)20)11(2)13(18)15-7-5-3-4-6-8-15/h9,11H,3-8H2,1-2H3. The molecule has 0 saturated carbocycles. The van der Waals surface area contributed by atoms with E-state index < -0.39 is 11.0 Å². The van der Waals surface area contributed by atoms with Gasteiger partial charge in [-0.05, 0) is 31.6 Å². The largest absolute Gasteiger partial charge is 0.392 e. The number of aryl methyl sites for hydroxylation is 1. The summed E-state index contributed by atoms with van der Waals surface area (Å²) < 4.78 is 1.40. The molecule has 2 rings (SSSR count). The van der Waals surface area contributed by atoms with Gasteiger partial charge in [-0.2, -0.15) is 4.68 Å². The lowest BCUT2D eigenvalue weighted by Gasteiger charge is -2.23. The molecule has 1 aromatic heterocycles. The predicted octanol–water partition coefficient (Wildman–Crippen LogP) is 2.06. The Morgan fingerprint density at radius 3 is 2.45 bits per heavy atom. The topological polar surface area (TPSA) is 81.3 Å². The monoisotopic (exact) mass is 280 g/mol. The molecular formula is C13H20N4O3. The van der Waals surface area contributed by atoms with Gasteiger partial charge in [-0.25, -0.2) is 0 Å². The average molecular weight is 280 g/mol. The van der Waals surface area contributed by atoms with Crippen LogP contribution < -0.4 is 0 Å². The lowest BCUT2D eigenvalue weighted by Crippen LogP contribution is -2.37. The molecule has 7 heteroatoms. The van der Waals surface area contributed by atoms with Gasteiger partial charge in [0.25, 0.3) is 0 Å². The van der Waals surface area contributed by atoms with Crippen molar-refractivity contribution in [2.45, 2.75) is 45.6 Å². The number of amides is 1. The minimum absolute atomic E-state index is 0.00991. The lowest BCUT2D eigenvalue weighted by atomic mass is 10.2. The van der Waals surface area contributed by atoms with Crippen molar-refractivity contribution in [3.05, 3.63) is 21.9 Å². The summed E-state index contributed by atoms with van der Waals surface area (Å²) in [7, 11) is 0. The van der Waals surface area contributed by atoms with Crippen molar-refractivity contribution in [2.75, 3.05) is 13.1 Å². The number of carbonyl (C=O) groups is 1. The Morgan fingerprint density at radius 2 is 1.95 bits per heavy atom. The van der Waals surface area contributed by atoms with E-state index in [1.54, 1.807) is 20.0 Å². The van der Waals surface area contributed by atoms with Crippen molar-refractivity contribution < 1.29 is 9.72 Å². The molecule has 1 fully saturated rings. The number of nitro groups is 1. The summed E-state index contributed by atoms with van der Waals surface area (Å²) in [4.78, 5) is 24.6. The van der Waals surface area contributed by atoms with Crippen LogP contribution in [0, 0.1) is 17.0 Å². The third-order valence-electron chi connectivity index (χ3n) is 3.73. The summed E-state index contributed by atoms with van der Waals surface area (Å²) in [5, 5.41) is 14.7. The molecule has 0 spiro atoms. The second kappa shape index (κ2) is 6.02. The number of hydrogen-bond donors (Lipinski definition) is 0. The Balaban J connectivity index is 2.13. The molecule has 1 aromatic rings. The Kier molecular flexibility index (Phi) is 4.36. The van der Waals surface area contributed by atoms with Gasteiger partial charge in [0.05, 0.1) is 16.9 Å². The summed E-state index contributed by atoms with van der Waals surface area (Å²) in [6.45, 7) is 4.91. The number of nitrogens with zero attached hydrogens (tertiary/aromatic N) is 4. The predicted molar refractivity (Wildman–Crippen MR) is 73.4 cm³/mol. The zero-order valence-corrected chi connectivity index (χ0v) is 11.9. The Morgan fingerprint density at radius 1 is 1.35 bits per heavy atom. The first kappa shape index (κ1) is 14.5. The van der Waals surface area contributed by atoms with Crippen molar-refractivity contribution in [2.24, 2.45) is 0 Å². The minimum Gasteiger partial charge on any atom is -0.358 e. The van der Waals surface area contributed by atoms with Crippen LogP contribution in [0.5, 0.6) is 0 Å². The van der Waals surface area contributed by atoms with E-state index in [0.717, 1.165) is 38.8 Å². The molecule has 110 valence electrons. The Hall–Kier alpha value is -1.92. The maximum Gasteiger partial charge on any atom is 0.392 e. The van der Waals surface area contributed by atoms with Gasteiger partial charge in [-0.1, -0.05) is 12.8 Å². The van der Waals surface area contributed by atoms with Crippen LogP contribution in [0.1, 0.15) is 44.2 Å². The molecule has 20 heavy (non-hydrogen) atoms. The zero-order valence-electron chi connectivity index (χ0n) is 11.9. The first-order valence-corrected chi connectivity index (χ1v) is 6.99. The zero-order chi connectivity index (χ0) is 14.7. The quantitative estimate of drug-likeness (QED) is 0.627. The van der Waals surface area contributed by atoms with Crippen LogP contribution in [0.25, 0.3) is 0 Å². The van der Waals surface area contributed by atoms with Crippen LogP contribution in [-0.2, 0) is 4.79 Å². The fourth-order valence-corrected chi connectivity index (χ4v) is 2.52. The van der Waals surface area contributed by atoms with Gasteiger partial charge < -0.3 is 15.0 Å². The van der Waals surface area contributed by atoms with Gasteiger partial charge >= 0.3 is 5.82 Å². The molecule has 0 aliphatic carbocycles. The average Bonchev–Trinajstić information content (AvgIpc) is 2.64. The number of carbonyl (C=O) groups excluding carboxylic acids is 1. The summed E-state index contributed by atoms with van der Waals surface area (Å²) in [5.74, 6) is -0.190. The molecule has 2 heterocycles. The fourth-order valence-electron chi connectivity index (χ4n) is 2.52. The minimum atomic E-state index is -0.519. The third kappa shape index (κ3) is 2.97. The summed E-state index contributed by atoms with van der Waals surface area (Å²) in [6, 6.07) is -0.500. The number of hydrogen-bond acceptors (Lipinski definition) is 4. The third-order valence-corrected chi connectivity index (χ3v) is 3.73. The van der Waals surface area contributed by atoms with Gasteiger partial charge in [-0.15, -0.1) is 0 Å². The van der Waals surface area contributed by atoms with Crippen molar-refractivity contribution in [1.29, 1.82) is 0 Å². The SMILES string of the molecule is Cc1cn(C(C)C(=O)N2CCCCCC2)nc1[N+](=O)[O-]. The summed E-state index contributed by atoms with van der Waals surface area (Å²) >= 11 is 0. The van der Waals surface area contributed by atoms with Crippen LogP contribution in [0.4, 0.5) is 5.82 Å². The molecule has 1 amide bonds. The smallest absolute Gasteiger partial charge is 0.358 e. The molecule has 0 aromatic carbocycles. The summed E-state index contributed by atoms with van der Waals surface area (Å²) in [5.41, 5.74) is 0.477. The molecule has 0 radical (unpaired) electrons. The van der Waals surface area contributed by atoms with Crippen molar-refractivity contribution in [1.82, 2.24) is 14.7 Å². The second-order valence-electron chi connectivity index (χ2n) is 5.29. The molecule has 1 aliphatic rings. The number of likely N-dealkylation sites (tertiary alicyclic amines) is 1. The highest BCUT2D eigenvalue weighted by Crippen LogP contribution is 2.20. The second-order valence-corrected chi connectivity index (χ2v) is 5.29. The van der Waals surface area contributed by atoms with Crippen LogP contribution in [0.2, 0.25) is 0 Å². The van der Waals surface area contributed by atoms with Crippen LogP contribution >= 0.6 is 0 Å². The van der Waals surface area contributed by atoms with E-state index in [1.807, 2.05) is 4.90 Å². The van der Waals surface area contributed by atoms with E-state index in [1.165, 1.54) is 4.68 Å². The summed E-state index contributed by atoms with van der Waals surface area (Å²) in [6.07, 6.45) is 5.93. The van der Waals surface area contributed by atoms with Gasteiger partial charge in [0, 0.05) is 13.1 Å². The highest BCUT2D eigenvalue weighted by molar-refractivity contribution is 5.80. The first-order valence-electron chi connectivity index (χ1n) is 6.99.